The molecule has 0 spiro atoms. The van der Waals surface area contributed by atoms with Gasteiger partial charge in [0, 0.05) is 29.4 Å². The zero-order chi connectivity index (χ0) is 15.9. The zero-order valence-electron chi connectivity index (χ0n) is 12.1. The van der Waals surface area contributed by atoms with E-state index in [4.69, 9.17) is 16.3 Å². The first-order valence-electron chi connectivity index (χ1n) is 6.61. The summed E-state index contributed by atoms with van der Waals surface area (Å²) >= 11 is 6.21. The van der Waals surface area contributed by atoms with E-state index in [-0.39, 0.29) is 5.91 Å². The number of benzene rings is 1. The van der Waals surface area contributed by atoms with Crippen LogP contribution < -0.4 is 4.74 Å². The fraction of sp³-hybridized carbons (Fsp3) is 0.267. The molecule has 112 valence electrons. The summed E-state index contributed by atoms with van der Waals surface area (Å²) in [6, 6.07) is 4.71. The molecule has 1 aliphatic heterocycles. The Labute approximate surface area is 132 Å². The van der Waals surface area contributed by atoms with Gasteiger partial charge < -0.3 is 9.64 Å². The molecule has 1 atom stereocenters. The van der Waals surface area contributed by atoms with Crippen molar-refractivity contribution in [2.75, 3.05) is 7.11 Å². The average Bonchev–Trinajstić information content (AvgIpc) is 3.03. The molecule has 1 aliphatic rings. The Balaban J connectivity index is 2.06. The summed E-state index contributed by atoms with van der Waals surface area (Å²) in [5.41, 5.74) is 1.72. The molecule has 1 aromatic carbocycles. The van der Waals surface area contributed by atoms with Crippen molar-refractivity contribution in [2.24, 2.45) is 7.05 Å². The van der Waals surface area contributed by atoms with Gasteiger partial charge >= 0.3 is 0 Å². The molecule has 0 saturated carbocycles. The minimum atomic E-state index is -0.731. The molecule has 6 nitrogen and oxygen atoms in total. The fourth-order valence-electron chi connectivity index (χ4n) is 2.70. The number of hydrogen-bond acceptors (Lipinski definition) is 4. The van der Waals surface area contributed by atoms with Crippen LogP contribution in [0.25, 0.3) is 0 Å². The van der Waals surface area contributed by atoms with Crippen molar-refractivity contribution in [1.82, 2.24) is 14.7 Å². The van der Waals surface area contributed by atoms with Gasteiger partial charge in [0.2, 0.25) is 0 Å². The minimum Gasteiger partial charge on any atom is -0.496 e. The van der Waals surface area contributed by atoms with Gasteiger partial charge in [0.25, 0.3) is 5.91 Å². The van der Waals surface area contributed by atoms with E-state index in [0.29, 0.717) is 28.4 Å². The van der Waals surface area contributed by atoms with E-state index < -0.39 is 6.04 Å². The van der Waals surface area contributed by atoms with E-state index in [1.165, 1.54) is 12.0 Å². The second-order valence-corrected chi connectivity index (χ2v) is 5.43. The molecule has 1 aromatic heterocycles. The SMILES string of the molecule is COc1ccc(Cl)c2c1C(=O)N(Cc1cnn(C)c1)C2C#N. The van der Waals surface area contributed by atoms with E-state index in [9.17, 15) is 10.1 Å². The van der Waals surface area contributed by atoms with E-state index in [2.05, 4.69) is 11.2 Å². The Morgan fingerprint density at radius 3 is 2.86 bits per heavy atom. The lowest BCUT2D eigenvalue weighted by atomic mass is 10.0. The van der Waals surface area contributed by atoms with Gasteiger partial charge in [0.05, 0.1) is 31.5 Å². The third kappa shape index (κ3) is 2.11. The Kier molecular flexibility index (Phi) is 3.51. The van der Waals surface area contributed by atoms with Crippen LogP contribution in [0.4, 0.5) is 0 Å². The predicted molar refractivity (Wildman–Crippen MR) is 79.4 cm³/mol. The van der Waals surface area contributed by atoms with Gasteiger partial charge in [-0.1, -0.05) is 11.6 Å². The summed E-state index contributed by atoms with van der Waals surface area (Å²) in [4.78, 5) is 14.2. The van der Waals surface area contributed by atoms with Crippen molar-refractivity contribution in [3.05, 3.63) is 46.2 Å². The van der Waals surface area contributed by atoms with Gasteiger partial charge in [0.1, 0.15) is 11.8 Å². The monoisotopic (exact) mass is 316 g/mol. The third-order valence-corrected chi connectivity index (χ3v) is 4.00. The summed E-state index contributed by atoms with van der Waals surface area (Å²) in [6.07, 6.45) is 3.48. The molecule has 22 heavy (non-hydrogen) atoms. The van der Waals surface area contributed by atoms with E-state index in [1.807, 2.05) is 6.20 Å². The van der Waals surface area contributed by atoms with Crippen molar-refractivity contribution in [3.63, 3.8) is 0 Å². The molecule has 1 unspecified atom stereocenters. The largest absolute Gasteiger partial charge is 0.496 e. The summed E-state index contributed by atoms with van der Waals surface area (Å²) in [5, 5.41) is 14.0. The lowest BCUT2D eigenvalue weighted by molar-refractivity contribution is 0.0742. The number of ether oxygens (including phenoxy) is 1. The van der Waals surface area contributed by atoms with Crippen LogP contribution in [0.5, 0.6) is 5.75 Å². The maximum absolute atomic E-state index is 12.7. The van der Waals surface area contributed by atoms with E-state index >= 15 is 0 Å². The number of rotatable bonds is 3. The Bertz CT molecular complexity index is 793. The first-order valence-corrected chi connectivity index (χ1v) is 6.99. The third-order valence-electron chi connectivity index (χ3n) is 3.67. The zero-order valence-corrected chi connectivity index (χ0v) is 12.8. The molecule has 0 bridgehead atoms. The van der Waals surface area contributed by atoms with Crippen LogP contribution in [0.3, 0.4) is 0 Å². The highest BCUT2D eigenvalue weighted by molar-refractivity contribution is 6.32. The second-order valence-electron chi connectivity index (χ2n) is 5.03. The van der Waals surface area contributed by atoms with Crippen LogP contribution in [-0.2, 0) is 13.6 Å². The van der Waals surface area contributed by atoms with Gasteiger partial charge in [-0.05, 0) is 12.1 Å². The van der Waals surface area contributed by atoms with E-state index in [1.54, 1.807) is 30.1 Å². The normalized spacial score (nSPS) is 16.5. The van der Waals surface area contributed by atoms with Gasteiger partial charge in [-0.15, -0.1) is 0 Å². The fourth-order valence-corrected chi connectivity index (χ4v) is 2.96. The number of amides is 1. The van der Waals surface area contributed by atoms with Crippen molar-refractivity contribution in [1.29, 1.82) is 5.26 Å². The quantitative estimate of drug-likeness (QED) is 0.871. The number of hydrogen-bond donors (Lipinski definition) is 0. The highest BCUT2D eigenvalue weighted by Crippen LogP contribution is 2.43. The molecule has 0 aliphatic carbocycles. The van der Waals surface area contributed by atoms with Crippen molar-refractivity contribution < 1.29 is 9.53 Å². The molecule has 3 rings (SSSR count). The number of nitrogens with zero attached hydrogens (tertiary/aromatic N) is 4. The van der Waals surface area contributed by atoms with Gasteiger partial charge in [-0.2, -0.15) is 10.4 Å². The van der Waals surface area contributed by atoms with Crippen LogP contribution in [0.1, 0.15) is 27.5 Å². The Hall–Kier alpha value is -2.52. The standard InChI is InChI=1S/C15H13ClN4O2/c1-19-7-9(6-18-19)8-20-11(5-17)13-10(16)3-4-12(22-2)14(13)15(20)21/h3-4,6-7,11H,8H2,1-2H3. The first-order chi connectivity index (χ1) is 10.6. The number of halogens is 1. The van der Waals surface area contributed by atoms with Crippen LogP contribution in [0, 0.1) is 11.3 Å². The van der Waals surface area contributed by atoms with Crippen LogP contribution in [0.2, 0.25) is 5.02 Å². The second kappa shape index (κ2) is 5.35. The van der Waals surface area contributed by atoms with Gasteiger partial charge in [0.15, 0.2) is 0 Å². The molecule has 0 fully saturated rings. The number of nitriles is 1. The summed E-state index contributed by atoms with van der Waals surface area (Å²) in [6.45, 7) is 0.291. The van der Waals surface area contributed by atoms with E-state index in [0.717, 1.165) is 5.56 Å². The van der Waals surface area contributed by atoms with Crippen LogP contribution >= 0.6 is 11.6 Å². The van der Waals surface area contributed by atoms with Crippen LogP contribution in [0.15, 0.2) is 24.5 Å². The summed E-state index contributed by atoms with van der Waals surface area (Å²) in [5.74, 6) is 0.170. The van der Waals surface area contributed by atoms with Crippen molar-refractivity contribution in [3.8, 4) is 11.8 Å². The molecule has 1 amide bonds. The number of aryl methyl sites for hydroxylation is 1. The maximum Gasteiger partial charge on any atom is 0.259 e. The minimum absolute atomic E-state index is 0.259. The van der Waals surface area contributed by atoms with Gasteiger partial charge in [-0.25, -0.2) is 0 Å². The summed E-state index contributed by atoms with van der Waals surface area (Å²) in [7, 11) is 3.29. The summed E-state index contributed by atoms with van der Waals surface area (Å²) < 4.78 is 6.90. The Morgan fingerprint density at radius 2 is 2.27 bits per heavy atom. The Morgan fingerprint density at radius 1 is 1.50 bits per heavy atom. The molecule has 7 heteroatoms. The molecule has 0 radical (unpaired) electrons. The number of methoxy groups -OCH3 is 1. The molecular formula is C15H13ClN4O2. The van der Waals surface area contributed by atoms with Crippen molar-refractivity contribution in [2.45, 2.75) is 12.6 Å². The smallest absolute Gasteiger partial charge is 0.259 e. The number of fused-ring (bicyclic) bond motifs is 1. The molecule has 2 aromatic rings. The average molecular weight is 317 g/mol. The number of carbonyl (C=O) groups is 1. The van der Waals surface area contributed by atoms with Crippen molar-refractivity contribution >= 4 is 17.5 Å². The highest BCUT2D eigenvalue weighted by atomic mass is 35.5. The molecule has 0 N–H and O–H groups in total. The van der Waals surface area contributed by atoms with Crippen LogP contribution in [-0.4, -0.2) is 27.7 Å². The molecule has 2 heterocycles. The lowest BCUT2D eigenvalue weighted by Gasteiger charge is -2.19. The molecular weight excluding hydrogens is 304 g/mol. The van der Waals surface area contributed by atoms with Gasteiger partial charge in [-0.3, -0.25) is 9.48 Å². The number of carbonyl (C=O) groups excluding carboxylic acids is 1. The predicted octanol–water partition coefficient (Wildman–Crippen LogP) is 2.30. The molecule has 0 saturated heterocycles. The lowest BCUT2D eigenvalue weighted by Crippen LogP contribution is -2.26. The maximum atomic E-state index is 12.7. The number of aromatic nitrogens is 2. The first kappa shape index (κ1) is 14.4. The topological polar surface area (TPSA) is 71.2 Å². The highest BCUT2D eigenvalue weighted by Gasteiger charge is 2.41.